The van der Waals surface area contributed by atoms with Crippen LogP contribution in [0.1, 0.15) is 11.3 Å². The Morgan fingerprint density at radius 3 is 2.48 bits per heavy atom. The van der Waals surface area contributed by atoms with E-state index in [1.54, 1.807) is 19.3 Å². The Kier molecular flexibility index (Phi) is 5.95. The molecule has 0 radical (unpaired) electrons. The number of nitrogens with one attached hydrogen (secondary N) is 1. The molecular formula is C20H19N3O3S. The van der Waals surface area contributed by atoms with Gasteiger partial charge < -0.3 is 4.74 Å². The quantitative estimate of drug-likeness (QED) is 0.679. The Balaban J connectivity index is 1.68. The van der Waals surface area contributed by atoms with Gasteiger partial charge in [-0.25, -0.2) is 23.1 Å². The van der Waals surface area contributed by atoms with Crippen LogP contribution in [0.25, 0.3) is 17.3 Å². The summed E-state index contributed by atoms with van der Waals surface area (Å²) in [5.74, 6) is 0.756. The molecule has 1 heterocycles. The standard InChI is InChI=1S/C20H19N3O3S/c1-26-19-9-7-17(8-10-19)20-13-18(21-15-22-20)14-23-27(24,25)12-11-16-5-3-2-4-6-16/h2-13,15,23H,14H2,1H3/b12-11+. The lowest BCUT2D eigenvalue weighted by molar-refractivity contribution is 0.415. The monoisotopic (exact) mass is 381 g/mol. The number of methoxy groups -OCH3 is 1. The van der Waals surface area contributed by atoms with E-state index in [1.165, 1.54) is 6.33 Å². The number of hydrogen-bond donors (Lipinski definition) is 1. The molecule has 0 spiro atoms. The third-order valence-corrected chi connectivity index (χ3v) is 4.84. The van der Waals surface area contributed by atoms with Gasteiger partial charge >= 0.3 is 0 Å². The first-order valence-electron chi connectivity index (χ1n) is 8.24. The van der Waals surface area contributed by atoms with Gasteiger partial charge in [-0.3, -0.25) is 0 Å². The molecule has 0 amide bonds. The molecule has 1 aromatic heterocycles. The fraction of sp³-hybridized carbons (Fsp3) is 0.100. The van der Waals surface area contributed by atoms with E-state index in [-0.39, 0.29) is 6.54 Å². The van der Waals surface area contributed by atoms with E-state index in [1.807, 2.05) is 54.6 Å². The van der Waals surface area contributed by atoms with Gasteiger partial charge in [0.05, 0.1) is 25.0 Å². The van der Waals surface area contributed by atoms with Crippen LogP contribution in [-0.4, -0.2) is 25.5 Å². The average molecular weight is 381 g/mol. The molecule has 0 bridgehead atoms. The van der Waals surface area contributed by atoms with Gasteiger partial charge in [0, 0.05) is 11.0 Å². The van der Waals surface area contributed by atoms with Crippen molar-refractivity contribution in [3.05, 3.63) is 83.7 Å². The van der Waals surface area contributed by atoms with Crippen molar-refractivity contribution in [2.45, 2.75) is 6.54 Å². The number of rotatable bonds is 7. The first-order chi connectivity index (χ1) is 13.1. The molecule has 1 N–H and O–H groups in total. The summed E-state index contributed by atoms with van der Waals surface area (Å²) in [5, 5.41) is 1.15. The van der Waals surface area contributed by atoms with Gasteiger partial charge in [-0.15, -0.1) is 0 Å². The van der Waals surface area contributed by atoms with Crippen molar-refractivity contribution in [2.24, 2.45) is 0 Å². The minimum absolute atomic E-state index is 0.0765. The lowest BCUT2D eigenvalue weighted by atomic mass is 10.1. The topological polar surface area (TPSA) is 81.2 Å². The molecule has 7 heteroatoms. The van der Waals surface area contributed by atoms with E-state index in [0.29, 0.717) is 11.4 Å². The lowest BCUT2D eigenvalue weighted by Crippen LogP contribution is -2.21. The minimum Gasteiger partial charge on any atom is -0.497 e. The van der Waals surface area contributed by atoms with Gasteiger partial charge in [-0.2, -0.15) is 0 Å². The second kappa shape index (κ2) is 8.57. The van der Waals surface area contributed by atoms with E-state index < -0.39 is 10.0 Å². The van der Waals surface area contributed by atoms with E-state index in [0.717, 1.165) is 22.3 Å². The van der Waals surface area contributed by atoms with Crippen molar-refractivity contribution in [3.8, 4) is 17.0 Å². The molecule has 138 valence electrons. The van der Waals surface area contributed by atoms with Crippen molar-refractivity contribution < 1.29 is 13.2 Å². The Labute approximate surface area is 158 Å². The highest BCUT2D eigenvalue weighted by Gasteiger charge is 2.08. The highest BCUT2D eigenvalue weighted by Crippen LogP contribution is 2.20. The molecule has 0 aliphatic rings. The normalized spacial score (nSPS) is 11.6. The average Bonchev–Trinajstić information content (AvgIpc) is 2.72. The molecule has 0 aliphatic carbocycles. The zero-order valence-corrected chi connectivity index (χ0v) is 15.6. The van der Waals surface area contributed by atoms with E-state index >= 15 is 0 Å². The number of sulfonamides is 1. The summed E-state index contributed by atoms with van der Waals surface area (Å²) in [6.07, 6.45) is 2.97. The van der Waals surface area contributed by atoms with Crippen LogP contribution in [-0.2, 0) is 16.6 Å². The second-order valence-corrected chi connectivity index (χ2v) is 7.35. The van der Waals surface area contributed by atoms with E-state index in [4.69, 9.17) is 4.74 Å². The molecular weight excluding hydrogens is 362 g/mol. The van der Waals surface area contributed by atoms with Crippen molar-refractivity contribution >= 4 is 16.1 Å². The lowest BCUT2D eigenvalue weighted by Gasteiger charge is -2.06. The molecule has 3 aromatic rings. The van der Waals surface area contributed by atoms with Gasteiger partial charge in [0.25, 0.3) is 0 Å². The number of aromatic nitrogens is 2. The van der Waals surface area contributed by atoms with Crippen LogP contribution in [0.5, 0.6) is 5.75 Å². The number of nitrogens with zero attached hydrogens (tertiary/aromatic N) is 2. The molecule has 2 aromatic carbocycles. The maximum atomic E-state index is 12.1. The van der Waals surface area contributed by atoms with Crippen LogP contribution in [0.2, 0.25) is 0 Å². The van der Waals surface area contributed by atoms with E-state index in [9.17, 15) is 8.42 Å². The fourth-order valence-corrected chi connectivity index (χ4v) is 3.15. The number of hydrogen-bond acceptors (Lipinski definition) is 5. The second-order valence-electron chi connectivity index (χ2n) is 5.70. The van der Waals surface area contributed by atoms with Crippen LogP contribution >= 0.6 is 0 Å². The van der Waals surface area contributed by atoms with Gasteiger partial charge in [0.15, 0.2) is 0 Å². The summed E-state index contributed by atoms with van der Waals surface area (Å²) < 4.78 is 32.0. The van der Waals surface area contributed by atoms with Crippen molar-refractivity contribution in [2.75, 3.05) is 7.11 Å². The summed E-state index contributed by atoms with van der Waals surface area (Å²) in [5.41, 5.74) is 2.99. The predicted octanol–water partition coefficient (Wildman–Crippen LogP) is 3.24. The first-order valence-corrected chi connectivity index (χ1v) is 9.78. The Morgan fingerprint density at radius 2 is 1.78 bits per heavy atom. The first kappa shape index (κ1) is 18.8. The minimum atomic E-state index is -3.57. The third-order valence-electron chi connectivity index (χ3n) is 3.80. The zero-order valence-electron chi connectivity index (χ0n) is 14.7. The van der Waals surface area contributed by atoms with Gasteiger partial charge in [0.2, 0.25) is 10.0 Å². The molecule has 0 unspecified atom stereocenters. The molecule has 3 rings (SSSR count). The Bertz CT molecular complexity index is 1020. The van der Waals surface area contributed by atoms with Crippen LogP contribution in [0, 0.1) is 0 Å². The molecule has 0 saturated heterocycles. The fourth-order valence-electron chi connectivity index (χ4n) is 2.37. The maximum Gasteiger partial charge on any atom is 0.234 e. The SMILES string of the molecule is COc1ccc(-c2cc(CNS(=O)(=O)/C=C/c3ccccc3)ncn2)cc1. The third kappa shape index (κ3) is 5.47. The Hall–Kier alpha value is -3.03. The highest BCUT2D eigenvalue weighted by molar-refractivity contribution is 7.92. The smallest absolute Gasteiger partial charge is 0.234 e. The molecule has 6 nitrogen and oxygen atoms in total. The van der Waals surface area contributed by atoms with Gasteiger partial charge in [0.1, 0.15) is 12.1 Å². The molecule has 0 saturated carbocycles. The summed E-state index contributed by atoms with van der Waals surface area (Å²) in [4.78, 5) is 8.38. The van der Waals surface area contributed by atoms with Gasteiger partial charge in [-0.05, 0) is 42.0 Å². The van der Waals surface area contributed by atoms with E-state index in [2.05, 4.69) is 14.7 Å². The number of benzene rings is 2. The molecule has 0 fully saturated rings. The number of ether oxygens (including phenoxy) is 1. The summed E-state index contributed by atoms with van der Waals surface area (Å²) in [6.45, 7) is 0.0765. The van der Waals surface area contributed by atoms with Crippen molar-refractivity contribution in [1.82, 2.24) is 14.7 Å². The highest BCUT2D eigenvalue weighted by atomic mass is 32.2. The summed E-state index contributed by atoms with van der Waals surface area (Å²) >= 11 is 0. The van der Waals surface area contributed by atoms with Crippen molar-refractivity contribution in [1.29, 1.82) is 0 Å². The van der Waals surface area contributed by atoms with Crippen LogP contribution in [0.4, 0.5) is 0 Å². The predicted molar refractivity (Wildman–Crippen MR) is 105 cm³/mol. The molecule has 0 aliphatic heterocycles. The molecule has 27 heavy (non-hydrogen) atoms. The molecule has 0 atom stereocenters. The summed E-state index contributed by atoms with van der Waals surface area (Å²) in [6, 6.07) is 18.4. The van der Waals surface area contributed by atoms with Gasteiger partial charge in [-0.1, -0.05) is 30.3 Å². The van der Waals surface area contributed by atoms with Crippen LogP contribution < -0.4 is 9.46 Å². The van der Waals surface area contributed by atoms with Crippen LogP contribution in [0.15, 0.2) is 72.4 Å². The van der Waals surface area contributed by atoms with Crippen LogP contribution in [0.3, 0.4) is 0 Å². The summed E-state index contributed by atoms with van der Waals surface area (Å²) in [7, 11) is -1.96. The largest absolute Gasteiger partial charge is 0.497 e. The van der Waals surface area contributed by atoms with Crippen molar-refractivity contribution in [3.63, 3.8) is 0 Å². The Morgan fingerprint density at radius 1 is 1.04 bits per heavy atom. The zero-order chi connectivity index (χ0) is 19.1. The maximum absolute atomic E-state index is 12.1.